The van der Waals surface area contributed by atoms with Crippen LogP contribution in [0.25, 0.3) is 0 Å². The SMILES string of the molecule is COC(=O)c1ccc(CSc2nnc(NC(=O)[C@@H]3CCCN3C(=O)OC(C)(C)C)s2)cc1. The van der Waals surface area contributed by atoms with Crippen LogP contribution in [0.5, 0.6) is 0 Å². The number of nitrogens with zero attached hydrogens (tertiary/aromatic N) is 3. The van der Waals surface area contributed by atoms with Gasteiger partial charge in [0.25, 0.3) is 0 Å². The van der Waals surface area contributed by atoms with Gasteiger partial charge in [0.1, 0.15) is 11.6 Å². The summed E-state index contributed by atoms with van der Waals surface area (Å²) in [5.74, 6) is -0.0281. The van der Waals surface area contributed by atoms with Crippen LogP contribution in [0, 0.1) is 0 Å². The molecule has 0 aliphatic carbocycles. The maximum absolute atomic E-state index is 12.7. The monoisotopic (exact) mass is 478 g/mol. The zero-order chi connectivity index (χ0) is 23.3. The molecule has 2 aromatic rings. The first-order chi connectivity index (χ1) is 15.2. The lowest BCUT2D eigenvalue weighted by atomic mass is 10.1. The quantitative estimate of drug-likeness (QED) is 0.377. The highest BCUT2D eigenvalue weighted by Gasteiger charge is 2.37. The second-order valence-electron chi connectivity index (χ2n) is 8.17. The van der Waals surface area contributed by atoms with E-state index in [-0.39, 0.29) is 11.9 Å². The standard InChI is InChI=1S/C21H26N4O5S2/c1-21(2,3)30-20(28)25-11-5-6-15(25)16(26)22-18-23-24-19(32-18)31-12-13-7-9-14(10-8-13)17(27)29-4/h7-10,15H,5-6,11-12H2,1-4H3,(H,22,23,26)/t15-/m0/s1. The summed E-state index contributed by atoms with van der Waals surface area (Å²) in [4.78, 5) is 38.1. The number of aromatic nitrogens is 2. The minimum atomic E-state index is -0.619. The lowest BCUT2D eigenvalue weighted by molar-refractivity contribution is -0.120. The molecule has 1 saturated heterocycles. The van der Waals surface area contributed by atoms with E-state index >= 15 is 0 Å². The van der Waals surface area contributed by atoms with Gasteiger partial charge in [0, 0.05) is 12.3 Å². The molecule has 1 aromatic heterocycles. The molecule has 0 saturated carbocycles. The average molecular weight is 479 g/mol. The Kier molecular flexibility index (Phi) is 7.73. The van der Waals surface area contributed by atoms with Crippen LogP contribution in [0.4, 0.5) is 9.93 Å². The molecular formula is C21H26N4O5S2. The average Bonchev–Trinajstić information content (AvgIpc) is 3.40. The Hall–Kier alpha value is -2.66. The van der Waals surface area contributed by atoms with Gasteiger partial charge in [-0.3, -0.25) is 15.0 Å². The zero-order valence-corrected chi connectivity index (χ0v) is 20.0. The van der Waals surface area contributed by atoms with Crippen molar-refractivity contribution >= 4 is 46.2 Å². The van der Waals surface area contributed by atoms with E-state index in [1.54, 1.807) is 32.9 Å². The second kappa shape index (κ2) is 10.3. The number of amides is 2. The van der Waals surface area contributed by atoms with E-state index in [0.717, 1.165) is 12.0 Å². The number of benzene rings is 1. The molecule has 2 heterocycles. The minimum Gasteiger partial charge on any atom is -0.465 e. The summed E-state index contributed by atoms with van der Waals surface area (Å²) in [7, 11) is 1.35. The number of anilines is 1. The molecule has 9 nitrogen and oxygen atoms in total. The van der Waals surface area contributed by atoms with E-state index in [9.17, 15) is 14.4 Å². The Labute approximate surface area is 194 Å². The molecule has 0 radical (unpaired) electrons. The molecule has 1 atom stereocenters. The number of thioether (sulfide) groups is 1. The molecule has 11 heteroatoms. The van der Waals surface area contributed by atoms with Gasteiger partial charge in [0.05, 0.1) is 12.7 Å². The number of hydrogen-bond donors (Lipinski definition) is 1. The van der Waals surface area contributed by atoms with Gasteiger partial charge in [-0.25, -0.2) is 9.59 Å². The van der Waals surface area contributed by atoms with Crippen LogP contribution in [-0.4, -0.2) is 58.4 Å². The summed E-state index contributed by atoms with van der Waals surface area (Å²) in [6.45, 7) is 5.87. The molecule has 172 valence electrons. The molecular weight excluding hydrogens is 452 g/mol. The molecule has 1 aromatic carbocycles. The van der Waals surface area contributed by atoms with Gasteiger partial charge in [0.15, 0.2) is 4.34 Å². The van der Waals surface area contributed by atoms with Gasteiger partial charge in [-0.2, -0.15) is 0 Å². The van der Waals surface area contributed by atoms with E-state index in [1.807, 2.05) is 12.1 Å². The van der Waals surface area contributed by atoms with Crippen molar-refractivity contribution < 1.29 is 23.9 Å². The minimum absolute atomic E-state index is 0.292. The number of carbonyl (C=O) groups excluding carboxylic acids is 3. The van der Waals surface area contributed by atoms with Crippen LogP contribution in [0.15, 0.2) is 28.6 Å². The predicted octanol–water partition coefficient (Wildman–Crippen LogP) is 3.96. The molecule has 1 aliphatic rings. The highest BCUT2D eigenvalue weighted by molar-refractivity contribution is 8.00. The number of ether oxygens (including phenoxy) is 2. The lowest BCUT2D eigenvalue weighted by Crippen LogP contribution is -2.45. The van der Waals surface area contributed by atoms with E-state index in [4.69, 9.17) is 9.47 Å². The van der Waals surface area contributed by atoms with Crippen molar-refractivity contribution in [2.24, 2.45) is 0 Å². The largest absolute Gasteiger partial charge is 0.465 e. The fourth-order valence-corrected chi connectivity index (χ4v) is 4.80. The van der Waals surface area contributed by atoms with E-state index in [0.29, 0.717) is 33.8 Å². The van der Waals surface area contributed by atoms with Gasteiger partial charge in [-0.05, 0) is 51.3 Å². The highest BCUT2D eigenvalue weighted by atomic mass is 32.2. The fourth-order valence-electron chi connectivity index (χ4n) is 3.09. The van der Waals surface area contributed by atoms with Gasteiger partial charge in [-0.15, -0.1) is 10.2 Å². The number of likely N-dealkylation sites (tertiary alicyclic amines) is 1. The summed E-state index contributed by atoms with van der Waals surface area (Å²) in [5.41, 5.74) is 0.892. The Bertz CT molecular complexity index is 971. The van der Waals surface area contributed by atoms with Crippen molar-refractivity contribution in [3.63, 3.8) is 0 Å². The molecule has 0 unspecified atom stereocenters. The summed E-state index contributed by atoms with van der Waals surface area (Å²) in [5, 5.41) is 11.3. The number of esters is 1. The number of nitrogens with one attached hydrogen (secondary N) is 1. The third kappa shape index (κ3) is 6.42. The molecule has 0 bridgehead atoms. The van der Waals surface area contributed by atoms with Crippen molar-refractivity contribution in [2.45, 2.75) is 55.3 Å². The van der Waals surface area contributed by atoms with Crippen molar-refractivity contribution in [1.82, 2.24) is 15.1 Å². The highest BCUT2D eigenvalue weighted by Crippen LogP contribution is 2.29. The molecule has 1 aliphatic heterocycles. The molecule has 1 fully saturated rings. The third-order valence-electron chi connectivity index (χ3n) is 4.56. The number of carbonyl (C=O) groups is 3. The first-order valence-electron chi connectivity index (χ1n) is 10.1. The lowest BCUT2D eigenvalue weighted by Gasteiger charge is -2.27. The summed E-state index contributed by atoms with van der Waals surface area (Å²) >= 11 is 2.75. The first kappa shape index (κ1) is 24.0. The molecule has 1 N–H and O–H groups in total. The van der Waals surface area contributed by atoms with E-state index in [2.05, 4.69) is 15.5 Å². The van der Waals surface area contributed by atoms with Crippen LogP contribution in [0.3, 0.4) is 0 Å². The molecule has 32 heavy (non-hydrogen) atoms. The molecule has 2 amide bonds. The summed E-state index contributed by atoms with van der Waals surface area (Å²) < 4.78 is 10.8. The van der Waals surface area contributed by atoms with Crippen LogP contribution in [0.1, 0.15) is 49.5 Å². The normalized spacial score (nSPS) is 16.0. The predicted molar refractivity (Wildman–Crippen MR) is 122 cm³/mol. The Balaban J connectivity index is 1.53. The molecule has 0 spiro atoms. The van der Waals surface area contributed by atoms with Gasteiger partial charge < -0.3 is 9.47 Å². The van der Waals surface area contributed by atoms with Gasteiger partial charge in [0.2, 0.25) is 11.0 Å². The number of rotatable bonds is 6. The van der Waals surface area contributed by atoms with Crippen LogP contribution < -0.4 is 5.32 Å². The topological polar surface area (TPSA) is 111 Å². The summed E-state index contributed by atoms with van der Waals surface area (Å²) in [6, 6.07) is 6.55. The van der Waals surface area contributed by atoms with E-state index < -0.39 is 17.7 Å². The molecule has 3 rings (SSSR count). The van der Waals surface area contributed by atoms with Crippen LogP contribution >= 0.6 is 23.1 Å². The van der Waals surface area contributed by atoms with Crippen LogP contribution in [-0.2, 0) is 20.0 Å². The first-order valence-corrected chi connectivity index (χ1v) is 11.9. The van der Waals surface area contributed by atoms with Crippen molar-refractivity contribution in [1.29, 1.82) is 0 Å². The number of hydrogen-bond acceptors (Lipinski definition) is 9. The smallest absolute Gasteiger partial charge is 0.410 e. The van der Waals surface area contributed by atoms with Gasteiger partial charge >= 0.3 is 12.1 Å². The van der Waals surface area contributed by atoms with Crippen molar-refractivity contribution in [2.75, 3.05) is 19.0 Å². The van der Waals surface area contributed by atoms with Crippen molar-refractivity contribution in [3.05, 3.63) is 35.4 Å². The van der Waals surface area contributed by atoms with Crippen molar-refractivity contribution in [3.8, 4) is 0 Å². The Morgan fingerprint density at radius 1 is 1.22 bits per heavy atom. The summed E-state index contributed by atoms with van der Waals surface area (Å²) in [6.07, 6.45) is 0.831. The third-order valence-corrected chi connectivity index (χ3v) is 6.60. The maximum atomic E-state index is 12.7. The fraction of sp³-hybridized carbons (Fsp3) is 0.476. The van der Waals surface area contributed by atoms with Crippen LogP contribution in [0.2, 0.25) is 0 Å². The second-order valence-corrected chi connectivity index (χ2v) is 10.4. The Morgan fingerprint density at radius 2 is 1.94 bits per heavy atom. The van der Waals surface area contributed by atoms with Gasteiger partial charge in [-0.1, -0.05) is 35.2 Å². The maximum Gasteiger partial charge on any atom is 0.410 e. The zero-order valence-electron chi connectivity index (χ0n) is 18.4. The van der Waals surface area contributed by atoms with E-state index in [1.165, 1.54) is 35.1 Å². The Morgan fingerprint density at radius 3 is 2.59 bits per heavy atom. The number of methoxy groups -OCH3 is 1.